The number of amides is 2. The van der Waals surface area contributed by atoms with E-state index >= 15 is 0 Å². The molecule has 31 heavy (non-hydrogen) atoms. The van der Waals surface area contributed by atoms with Crippen molar-refractivity contribution < 1.29 is 19.1 Å². The minimum absolute atomic E-state index is 0.228. The van der Waals surface area contributed by atoms with Gasteiger partial charge >= 0.3 is 12.0 Å². The zero-order valence-electron chi connectivity index (χ0n) is 16.7. The summed E-state index contributed by atoms with van der Waals surface area (Å²) in [6.07, 6.45) is 4.96. The Labute approximate surface area is 183 Å². The largest absolute Gasteiger partial charge is 0.481 e. The lowest BCUT2D eigenvalue weighted by molar-refractivity contribution is -0.142. The highest BCUT2D eigenvalue weighted by Crippen LogP contribution is 2.39. The lowest BCUT2D eigenvalue weighted by Gasteiger charge is -2.24. The van der Waals surface area contributed by atoms with Crippen molar-refractivity contribution in [1.82, 2.24) is 4.98 Å². The normalized spacial score (nSPS) is 18.4. The third-order valence-electron chi connectivity index (χ3n) is 5.46. The number of carboxylic acid groups (broad SMARTS) is 1. The second kappa shape index (κ2) is 9.26. The van der Waals surface area contributed by atoms with Gasteiger partial charge in [-0.1, -0.05) is 18.2 Å². The van der Waals surface area contributed by atoms with Crippen LogP contribution >= 0.6 is 11.3 Å². The van der Waals surface area contributed by atoms with Gasteiger partial charge in [-0.25, -0.2) is 14.2 Å². The van der Waals surface area contributed by atoms with Gasteiger partial charge in [0.25, 0.3) is 0 Å². The average Bonchev–Trinajstić information content (AvgIpc) is 3.24. The highest BCUT2D eigenvalue weighted by atomic mass is 32.1. The van der Waals surface area contributed by atoms with Crippen molar-refractivity contribution in [2.75, 3.05) is 10.6 Å². The van der Waals surface area contributed by atoms with Gasteiger partial charge in [0.05, 0.1) is 15.8 Å². The molecule has 3 N–H and O–H groups in total. The van der Waals surface area contributed by atoms with Crippen LogP contribution in [-0.2, 0) is 4.79 Å². The van der Waals surface area contributed by atoms with E-state index in [1.165, 1.54) is 18.2 Å². The summed E-state index contributed by atoms with van der Waals surface area (Å²) in [4.78, 5) is 28.8. The lowest BCUT2D eigenvalue weighted by atomic mass is 9.82. The smallest absolute Gasteiger partial charge is 0.323 e. The van der Waals surface area contributed by atoms with E-state index in [0.29, 0.717) is 30.1 Å². The Bertz CT molecular complexity index is 1080. The summed E-state index contributed by atoms with van der Waals surface area (Å²) in [5.74, 6) is -1.02. The Morgan fingerprint density at radius 3 is 2.39 bits per heavy atom. The number of carbonyl (C=O) groups is 2. The van der Waals surface area contributed by atoms with Gasteiger partial charge in [-0.3, -0.25) is 4.79 Å². The van der Waals surface area contributed by atoms with Crippen LogP contribution in [0.5, 0.6) is 0 Å². The number of nitrogens with one attached hydrogen (secondary N) is 2. The second-order valence-corrected chi connectivity index (χ2v) is 8.68. The number of hydrogen-bond donors (Lipinski definition) is 3. The molecule has 1 aromatic heterocycles. The van der Waals surface area contributed by atoms with E-state index in [0.717, 1.165) is 28.3 Å². The fourth-order valence-corrected chi connectivity index (χ4v) is 4.87. The van der Waals surface area contributed by atoms with Crippen molar-refractivity contribution in [1.29, 1.82) is 0 Å². The number of nitrogens with zero attached hydrogens (tertiary/aromatic N) is 1. The Morgan fingerprint density at radius 2 is 1.71 bits per heavy atom. The first-order valence-corrected chi connectivity index (χ1v) is 10.9. The fraction of sp³-hybridized carbons (Fsp3) is 0.261. The first kappa shape index (κ1) is 21.0. The van der Waals surface area contributed by atoms with Crippen molar-refractivity contribution in [2.24, 2.45) is 5.92 Å². The number of hydrogen-bond acceptors (Lipinski definition) is 4. The molecule has 6 nitrogen and oxygen atoms in total. The van der Waals surface area contributed by atoms with Gasteiger partial charge in [0, 0.05) is 23.5 Å². The molecule has 0 bridgehead atoms. The molecular formula is C23H22FN3O3S. The topological polar surface area (TPSA) is 91.3 Å². The number of urea groups is 1. The van der Waals surface area contributed by atoms with E-state index in [1.54, 1.807) is 29.5 Å². The number of halogens is 1. The zero-order valence-corrected chi connectivity index (χ0v) is 17.5. The quantitative estimate of drug-likeness (QED) is 0.458. The monoisotopic (exact) mass is 439 g/mol. The molecule has 0 unspecified atom stereocenters. The predicted octanol–water partition coefficient (Wildman–Crippen LogP) is 5.95. The molecule has 1 aliphatic carbocycles. The number of anilines is 2. The van der Waals surface area contributed by atoms with Crippen LogP contribution in [0.25, 0.3) is 10.4 Å². The standard InChI is InChI=1S/C23H22FN3O3S/c24-17-2-1-3-19(12-17)27-23(30)26-18-10-8-14(9-11-18)20-13-25-21(31-20)15-4-6-16(7-5-15)22(28)29/h1-3,8-13,15-16H,4-7H2,(H,28,29)(H2,26,27,30). The molecule has 0 saturated heterocycles. The minimum Gasteiger partial charge on any atom is -0.481 e. The van der Waals surface area contributed by atoms with Crippen LogP contribution in [0.4, 0.5) is 20.6 Å². The summed E-state index contributed by atoms with van der Waals surface area (Å²) in [6.45, 7) is 0. The van der Waals surface area contributed by atoms with Gasteiger partial charge in [-0.2, -0.15) is 0 Å². The number of carboxylic acids is 1. The van der Waals surface area contributed by atoms with E-state index in [2.05, 4.69) is 15.6 Å². The third kappa shape index (κ3) is 5.27. The van der Waals surface area contributed by atoms with Crippen LogP contribution in [0.2, 0.25) is 0 Å². The van der Waals surface area contributed by atoms with Crippen molar-refractivity contribution in [3.63, 3.8) is 0 Å². The molecule has 2 amide bonds. The molecule has 4 rings (SSSR count). The number of thiazole rings is 1. The van der Waals surface area contributed by atoms with Crippen LogP contribution in [0, 0.1) is 11.7 Å². The molecule has 0 spiro atoms. The van der Waals surface area contributed by atoms with E-state index < -0.39 is 17.8 Å². The van der Waals surface area contributed by atoms with Gasteiger partial charge in [-0.15, -0.1) is 11.3 Å². The third-order valence-corrected chi connectivity index (χ3v) is 6.67. The SMILES string of the molecule is O=C(Nc1ccc(-c2cnc(C3CCC(C(=O)O)CC3)s2)cc1)Nc1cccc(F)c1. The van der Waals surface area contributed by atoms with Crippen LogP contribution in [-0.4, -0.2) is 22.1 Å². The molecule has 1 aliphatic rings. The predicted molar refractivity (Wildman–Crippen MR) is 119 cm³/mol. The van der Waals surface area contributed by atoms with E-state index in [-0.39, 0.29) is 5.92 Å². The van der Waals surface area contributed by atoms with Gasteiger partial charge in [-0.05, 0) is 61.6 Å². The van der Waals surface area contributed by atoms with Gasteiger partial charge < -0.3 is 15.7 Å². The highest BCUT2D eigenvalue weighted by molar-refractivity contribution is 7.15. The number of carbonyl (C=O) groups excluding carboxylic acids is 1. The molecule has 0 atom stereocenters. The van der Waals surface area contributed by atoms with Crippen molar-refractivity contribution in [3.8, 4) is 10.4 Å². The minimum atomic E-state index is -0.698. The molecule has 1 heterocycles. The molecule has 0 radical (unpaired) electrons. The van der Waals surface area contributed by atoms with Crippen LogP contribution in [0.15, 0.2) is 54.7 Å². The number of aromatic nitrogens is 1. The van der Waals surface area contributed by atoms with Crippen LogP contribution in [0.3, 0.4) is 0 Å². The first-order chi connectivity index (χ1) is 15.0. The van der Waals surface area contributed by atoms with Crippen LogP contribution < -0.4 is 10.6 Å². The molecule has 160 valence electrons. The molecule has 1 fully saturated rings. The number of aliphatic carboxylic acids is 1. The molecule has 8 heteroatoms. The summed E-state index contributed by atoms with van der Waals surface area (Å²) in [6, 6.07) is 12.7. The van der Waals surface area contributed by atoms with Crippen molar-refractivity contribution in [3.05, 3.63) is 65.6 Å². The summed E-state index contributed by atoms with van der Waals surface area (Å²) in [5, 5.41) is 15.5. The molecule has 3 aromatic rings. The van der Waals surface area contributed by atoms with Gasteiger partial charge in [0.15, 0.2) is 0 Å². The van der Waals surface area contributed by atoms with E-state index in [4.69, 9.17) is 5.11 Å². The summed E-state index contributed by atoms with van der Waals surface area (Å²) in [5.41, 5.74) is 2.00. The molecule has 2 aromatic carbocycles. The number of rotatable bonds is 5. The summed E-state index contributed by atoms with van der Waals surface area (Å²) >= 11 is 1.63. The maximum Gasteiger partial charge on any atom is 0.323 e. The average molecular weight is 440 g/mol. The van der Waals surface area contributed by atoms with Crippen molar-refractivity contribution >= 4 is 34.7 Å². The van der Waals surface area contributed by atoms with Crippen LogP contribution in [0.1, 0.15) is 36.6 Å². The Kier molecular flexibility index (Phi) is 6.27. The zero-order chi connectivity index (χ0) is 21.8. The molecule has 0 aliphatic heterocycles. The fourth-order valence-electron chi connectivity index (χ4n) is 3.77. The lowest BCUT2D eigenvalue weighted by Crippen LogP contribution is -2.20. The van der Waals surface area contributed by atoms with Gasteiger partial charge in [0.1, 0.15) is 5.82 Å². The first-order valence-electron chi connectivity index (χ1n) is 10.1. The highest BCUT2D eigenvalue weighted by Gasteiger charge is 2.28. The summed E-state index contributed by atoms with van der Waals surface area (Å²) in [7, 11) is 0. The second-order valence-electron chi connectivity index (χ2n) is 7.62. The molecule has 1 saturated carbocycles. The maximum atomic E-state index is 13.2. The van der Waals surface area contributed by atoms with Crippen molar-refractivity contribution in [2.45, 2.75) is 31.6 Å². The Morgan fingerprint density at radius 1 is 1.00 bits per heavy atom. The summed E-state index contributed by atoms with van der Waals surface area (Å²) < 4.78 is 13.2. The maximum absolute atomic E-state index is 13.2. The number of benzene rings is 2. The van der Waals surface area contributed by atoms with E-state index in [1.807, 2.05) is 18.3 Å². The van der Waals surface area contributed by atoms with Gasteiger partial charge in [0.2, 0.25) is 0 Å². The molecular weight excluding hydrogens is 417 g/mol. The Balaban J connectivity index is 1.35. The van der Waals surface area contributed by atoms with E-state index in [9.17, 15) is 14.0 Å². The Hall–Kier alpha value is -3.26.